The van der Waals surface area contributed by atoms with Gasteiger partial charge in [-0.2, -0.15) is 5.10 Å². The first kappa shape index (κ1) is 21.4. The van der Waals surface area contributed by atoms with Gasteiger partial charge < -0.3 is 14.6 Å². The number of benzene rings is 2. The number of aromatic nitrogens is 5. The van der Waals surface area contributed by atoms with Gasteiger partial charge in [0.15, 0.2) is 5.82 Å². The maximum Gasteiger partial charge on any atom is 0.261 e. The number of rotatable bonds is 6. The number of hydrogen-bond donors (Lipinski definition) is 1. The van der Waals surface area contributed by atoms with Gasteiger partial charge in [-0.3, -0.25) is 4.79 Å². The lowest BCUT2D eigenvalue weighted by Gasteiger charge is -2.08. The van der Waals surface area contributed by atoms with Gasteiger partial charge in [0.05, 0.1) is 5.02 Å². The summed E-state index contributed by atoms with van der Waals surface area (Å²) < 4.78 is 12.6. The van der Waals surface area contributed by atoms with Gasteiger partial charge in [-0.1, -0.05) is 35.0 Å². The monoisotopic (exact) mass is 472 g/mol. The number of ether oxygens (including phenoxy) is 1. The van der Waals surface area contributed by atoms with Crippen LogP contribution in [0.5, 0.6) is 11.6 Å². The van der Waals surface area contributed by atoms with Crippen LogP contribution >= 0.6 is 11.6 Å². The van der Waals surface area contributed by atoms with E-state index in [-0.39, 0.29) is 5.91 Å². The van der Waals surface area contributed by atoms with E-state index in [1.807, 2.05) is 12.1 Å². The fourth-order valence-electron chi connectivity index (χ4n) is 3.29. The lowest BCUT2D eigenvalue weighted by molar-refractivity contribution is 0.102. The lowest BCUT2D eigenvalue weighted by atomic mass is 10.1. The zero-order chi connectivity index (χ0) is 23.5. The van der Waals surface area contributed by atoms with Crippen molar-refractivity contribution in [2.45, 2.75) is 6.92 Å². The molecule has 0 spiro atoms. The van der Waals surface area contributed by atoms with Crippen molar-refractivity contribution in [3.05, 3.63) is 95.5 Å². The molecule has 0 atom stereocenters. The van der Waals surface area contributed by atoms with Crippen molar-refractivity contribution in [3.63, 3.8) is 0 Å². The van der Waals surface area contributed by atoms with Crippen molar-refractivity contribution in [3.8, 4) is 28.7 Å². The Morgan fingerprint density at radius 2 is 1.85 bits per heavy atom. The molecule has 3 aromatic heterocycles. The number of nitrogens with zero attached hydrogens (tertiary/aromatic N) is 5. The summed E-state index contributed by atoms with van der Waals surface area (Å²) in [6.07, 6.45) is 3.44. The minimum absolute atomic E-state index is 0.320. The van der Waals surface area contributed by atoms with E-state index in [4.69, 9.17) is 20.9 Å². The molecule has 0 bridgehead atoms. The highest BCUT2D eigenvalue weighted by Gasteiger charge is 2.23. The van der Waals surface area contributed by atoms with Gasteiger partial charge >= 0.3 is 0 Å². The maximum absolute atomic E-state index is 13.0. The number of nitrogens with one attached hydrogen (secondary N) is 1. The third-order valence-corrected chi connectivity index (χ3v) is 5.25. The summed E-state index contributed by atoms with van der Waals surface area (Å²) in [5.41, 5.74) is 1.90. The molecule has 5 aromatic rings. The van der Waals surface area contributed by atoms with Crippen LogP contribution in [-0.2, 0) is 0 Å². The van der Waals surface area contributed by atoms with Crippen LogP contribution in [-0.4, -0.2) is 31.0 Å². The van der Waals surface area contributed by atoms with E-state index in [9.17, 15) is 4.79 Å². The second kappa shape index (κ2) is 9.16. The van der Waals surface area contributed by atoms with Crippen LogP contribution in [0.15, 0.2) is 83.6 Å². The van der Waals surface area contributed by atoms with Crippen molar-refractivity contribution in [1.29, 1.82) is 0 Å². The molecule has 0 saturated heterocycles. The molecule has 1 amide bonds. The summed E-state index contributed by atoms with van der Waals surface area (Å²) >= 11 is 6.28. The second-order valence-corrected chi connectivity index (χ2v) is 7.61. The smallest absolute Gasteiger partial charge is 0.261 e. The largest absolute Gasteiger partial charge is 0.438 e. The molecule has 0 unspecified atom stereocenters. The molecule has 9 nitrogen and oxygen atoms in total. The Hall–Kier alpha value is -4.50. The molecule has 0 aliphatic rings. The van der Waals surface area contributed by atoms with Gasteiger partial charge in [-0.25, -0.2) is 4.68 Å². The topological polar surface area (TPSA) is 108 Å². The Labute approximate surface area is 198 Å². The molecule has 0 saturated carbocycles. The van der Waals surface area contributed by atoms with E-state index in [0.29, 0.717) is 50.7 Å². The first-order valence-electron chi connectivity index (χ1n) is 10.2. The van der Waals surface area contributed by atoms with Gasteiger partial charge in [-0.05, 0) is 49.4 Å². The third kappa shape index (κ3) is 4.37. The minimum Gasteiger partial charge on any atom is -0.438 e. The highest BCUT2D eigenvalue weighted by atomic mass is 35.5. The predicted molar refractivity (Wildman–Crippen MR) is 125 cm³/mol. The number of hydrogen-bond acceptors (Lipinski definition) is 7. The summed E-state index contributed by atoms with van der Waals surface area (Å²) in [4.78, 5) is 13.0. The molecular formula is C24H17ClN6O3. The number of anilines is 1. The van der Waals surface area contributed by atoms with Crippen molar-refractivity contribution in [2.75, 3.05) is 5.32 Å². The molecule has 3 heterocycles. The van der Waals surface area contributed by atoms with Crippen molar-refractivity contribution in [1.82, 2.24) is 25.1 Å². The summed E-state index contributed by atoms with van der Waals surface area (Å²) in [6.45, 7) is 1.68. The zero-order valence-electron chi connectivity index (χ0n) is 17.8. The Bertz CT molecular complexity index is 1430. The molecule has 1 N–H and O–H groups in total. The summed E-state index contributed by atoms with van der Waals surface area (Å²) in [5, 5.41) is 19.6. The van der Waals surface area contributed by atoms with E-state index in [2.05, 4.69) is 25.8 Å². The Morgan fingerprint density at radius 1 is 1.03 bits per heavy atom. The molecule has 0 radical (unpaired) electrons. The number of amides is 1. The van der Waals surface area contributed by atoms with E-state index in [1.165, 1.54) is 0 Å². The van der Waals surface area contributed by atoms with E-state index >= 15 is 0 Å². The zero-order valence-corrected chi connectivity index (χ0v) is 18.6. The van der Waals surface area contributed by atoms with Gasteiger partial charge in [-0.15, -0.1) is 10.2 Å². The average molecular weight is 473 g/mol. The van der Waals surface area contributed by atoms with Gasteiger partial charge in [0.2, 0.25) is 5.88 Å². The molecule has 0 fully saturated rings. The summed E-state index contributed by atoms with van der Waals surface area (Å²) in [5.74, 6) is 1.48. The quantitative estimate of drug-likeness (QED) is 0.356. The van der Waals surface area contributed by atoms with Crippen LogP contribution in [0.4, 0.5) is 5.69 Å². The van der Waals surface area contributed by atoms with Crippen molar-refractivity contribution < 1.29 is 14.1 Å². The fourth-order valence-corrected chi connectivity index (χ4v) is 3.52. The van der Waals surface area contributed by atoms with Crippen molar-refractivity contribution >= 4 is 23.2 Å². The van der Waals surface area contributed by atoms with E-state index < -0.39 is 0 Å². The number of halogens is 1. The third-order valence-electron chi connectivity index (χ3n) is 4.92. The first-order chi connectivity index (χ1) is 16.6. The standard InChI is InChI=1S/C24H17ClN6O3/c1-15-22(23(30-34-15)18-5-2-3-6-19(18)25)24(32)27-16-7-9-17(10-8-16)33-21-12-11-20(28-29-21)31-14-4-13-26-31/h2-14H,1H3,(H,27,32). The van der Waals surface area contributed by atoms with Gasteiger partial charge in [0.25, 0.3) is 5.91 Å². The van der Waals surface area contributed by atoms with Crippen molar-refractivity contribution in [2.24, 2.45) is 0 Å². The van der Waals surface area contributed by atoms with E-state index in [0.717, 1.165) is 0 Å². The first-order valence-corrected chi connectivity index (χ1v) is 10.6. The second-order valence-electron chi connectivity index (χ2n) is 7.20. The molecule has 0 aliphatic carbocycles. The van der Waals surface area contributed by atoms with Gasteiger partial charge in [0, 0.05) is 29.7 Å². The maximum atomic E-state index is 13.0. The summed E-state index contributed by atoms with van der Waals surface area (Å²) in [7, 11) is 0. The van der Waals surface area contributed by atoms with Crippen LogP contribution in [0.1, 0.15) is 16.1 Å². The highest BCUT2D eigenvalue weighted by molar-refractivity contribution is 6.33. The molecule has 5 rings (SSSR count). The van der Waals surface area contributed by atoms with Gasteiger partial charge in [0.1, 0.15) is 22.8 Å². The molecule has 2 aromatic carbocycles. The van der Waals surface area contributed by atoms with Crippen LogP contribution in [0.3, 0.4) is 0 Å². The molecule has 0 aliphatic heterocycles. The molecular weight excluding hydrogens is 456 g/mol. The molecule has 10 heteroatoms. The average Bonchev–Trinajstić information content (AvgIpc) is 3.51. The SMILES string of the molecule is Cc1onc(-c2ccccc2Cl)c1C(=O)Nc1ccc(Oc2ccc(-n3cccn3)nn2)cc1. The number of carbonyl (C=O) groups is 1. The van der Waals surface area contributed by atoms with Crippen LogP contribution < -0.4 is 10.1 Å². The number of aryl methyl sites for hydroxylation is 1. The molecule has 168 valence electrons. The highest BCUT2D eigenvalue weighted by Crippen LogP contribution is 2.31. The lowest BCUT2D eigenvalue weighted by Crippen LogP contribution is -2.13. The van der Waals surface area contributed by atoms with Crippen LogP contribution in [0, 0.1) is 6.92 Å². The van der Waals surface area contributed by atoms with Crippen LogP contribution in [0.25, 0.3) is 17.1 Å². The van der Waals surface area contributed by atoms with E-state index in [1.54, 1.807) is 78.6 Å². The fraction of sp³-hybridized carbons (Fsp3) is 0.0417. The predicted octanol–water partition coefficient (Wildman–Crippen LogP) is 5.32. The minimum atomic E-state index is -0.359. The molecule has 34 heavy (non-hydrogen) atoms. The summed E-state index contributed by atoms with van der Waals surface area (Å²) in [6, 6.07) is 19.3. The normalized spacial score (nSPS) is 10.8. The Morgan fingerprint density at radius 3 is 2.56 bits per heavy atom. The number of carbonyl (C=O) groups excluding carboxylic acids is 1. The van der Waals surface area contributed by atoms with Crippen LogP contribution in [0.2, 0.25) is 5.02 Å². The Kier molecular flexibility index (Phi) is 5.75. The Balaban J connectivity index is 1.28.